The summed E-state index contributed by atoms with van der Waals surface area (Å²) in [6.45, 7) is 5.12. The van der Waals surface area contributed by atoms with E-state index < -0.39 is 0 Å². The average molecular weight is 284 g/mol. The van der Waals surface area contributed by atoms with E-state index in [1.807, 2.05) is 18.2 Å². The fourth-order valence-corrected chi connectivity index (χ4v) is 3.58. The van der Waals surface area contributed by atoms with E-state index in [9.17, 15) is 4.79 Å². The zero-order valence-electron chi connectivity index (χ0n) is 13.1. The number of hydrogen-bond donors (Lipinski definition) is 0. The molecule has 21 heavy (non-hydrogen) atoms. The first-order valence-electron chi connectivity index (χ1n) is 8.11. The molecule has 0 atom stereocenters. The Kier molecular flexibility index (Phi) is 3.83. The highest BCUT2D eigenvalue weighted by atomic mass is 16.1. The Morgan fingerprint density at radius 1 is 1.24 bits per heavy atom. The fraction of sp³-hybridized carbons (Fsp3) is 0.556. The minimum absolute atomic E-state index is 0.130. The second-order valence-electron chi connectivity index (χ2n) is 6.48. The van der Waals surface area contributed by atoms with Gasteiger partial charge in [-0.3, -0.25) is 4.79 Å². The van der Waals surface area contributed by atoms with Crippen LogP contribution in [0.3, 0.4) is 0 Å². The van der Waals surface area contributed by atoms with Crippen LogP contribution < -0.4 is 0 Å². The van der Waals surface area contributed by atoms with E-state index in [0.717, 1.165) is 36.2 Å². The van der Waals surface area contributed by atoms with E-state index in [0.29, 0.717) is 12.2 Å². The normalized spacial score (nSPS) is 18.0. The number of aryl methyl sites for hydroxylation is 1. The van der Waals surface area contributed by atoms with Crippen molar-refractivity contribution < 1.29 is 4.79 Å². The average Bonchev–Trinajstić information content (AvgIpc) is 2.85. The maximum Gasteiger partial charge on any atom is 0.146 e. The van der Waals surface area contributed by atoms with Gasteiger partial charge in [0.15, 0.2) is 0 Å². The molecule has 1 aromatic heterocycles. The molecule has 1 heterocycles. The summed E-state index contributed by atoms with van der Waals surface area (Å²) in [5.41, 5.74) is 2.00. The molecule has 1 fully saturated rings. The Morgan fingerprint density at radius 3 is 2.67 bits per heavy atom. The number of ketones is 1. The number of carbonyl (C=O) groups is 1. The van der Waals surface area contributed by atoms with E-state index in [1.165, 1.54) is 19.3 Å². The summed E-state index contributed by atoms with van der Waals surface area (Å²) in [5.74, 6) is 1.29. The topological polar surface area (TPSA) is 34.9 Å². The molecule has 0 unspecified atom stereocenters. The van der Waals surface area contributed by atoms with Crippen LogP contribution in [0.15, 0.2) is 24.3 Å². The molecule has 1 aliphatic carbocycles. The third kappa shape index (κ3) is 2.61. The first-order valence-corrected chi connectivity index (χ1v) is 8.11. The summed E-state index contributed by atoms with van der Waals surface area (Å²) < 4.78 is 2.18. The van der Waals surface area contributed by atoms with Crippen LogP contribution in [0.2, 0.25) is 0 Å². The van der Waals surface area contributed by atoms with Crippen LogP contribution in [0.4, 0.5) is 0 Å². The van der Waals surface area contributed by atoms with Gasteiger partial charge in [-0.25, -0.2) is 4.98 Å². The Balaban J connectivity index is 1.89. The van der Waals surface area contributed by atoms with E-state index in [2.05, 4.69) is 24.5 Å². The summed E-state index contributed by atoms with van der Waals surface area (Å²) >= 11 is 0. The second-order valence-corrected chi connectivity index (χ2v) is 6.48. The minimum atomic E-state index is -0.130. The number of aromatic nitrogens is 2. The van der Waals surface area contributed by atoms with Gasteiger partial charge in [0, 0.05) is 12.0 Å². The summed E-state index contributed by atoms with van der Waals surface area (Å²) in [4.78, 5) is 17.5. The van der Waals surface area contributed by atoms with Crippen molar-refractivity contribution in [1.82, 2.24) is 9.55 Å². The molecular formula is C18H24N2O. The molecule has 0 saturated heterocycles. The SMILES string of the molecule is CCn1c(CC(=O)C2(C)CCCCC2)nc2ccccc21. The van der Waals surface area contributed by atoms with Crippen molar-refractivity contribution in [2.45, 2.75) is 58.9 Å². The Labute approximate surface area is 126 Å². The van der Waals surface area contributed by atoms with Gasteiger partial charge >= 0.3 is 0 Å². The number of Topliss-reactive ketones (excluding diaryl/α,β-unsaturated/α-hetero) is 1. The maximum absolute atomic E-state index is 12.8. The molecule has 3 nitrogen and oxygen atoms in total. The number of benzene rings is 1. The van der Waals surface area contributed by atoms with Crippen LogP contribution >= 0.6 is 0 Å². The van der Waals surface area contributed by atoms with Crippen molar-refractivity contribution in [3.8, 4) is 0 Å². The molecule has 0 amide bonds. The molecule has 3 heteroatoms. The van der Waals surface area contributed by atoms with Gasteiger partial charge in [0.2, 0.25) is 0 Å². The fourth-order valence-electron chi connectivity index (χ4n) is 3.58. The summed E-state index contributed by atoms with van der Waals surface area (Å²) in [7, 11) is 0. The maximum atomic E-state index is 12.8. The number of fused-ring (bicyclic) bond motifs is 1. The van der Waals surface area contributed by atoms with Crippen molar-refractivity contribution in [3.63, 3.8) is 0 Å². The molecule has 3 rings (SSSR count). The van der Waals surface area contributed by atoms with Crippen LogP contribution in [0, 0.1) is 5.41 Å². The van der Waals surface area contributed by atoms with Crippen molar-refractivity contribution in [3.05, 3.63) is 30.1 Å². The second kappa shape index (κ2) is 5.63. The lowest BCUT2D eigenvalue weighted by Gasteiger charge is -2.32. The van der Waals surface area contributed by atoms with Crippen molar-refractivity contribution >= 4 is 16.8 Å². The van der Waals surface area contributed by atoms with Crippen molar-refractivity contribution in [1.29, 1.82) is 0 Å². The molecule has 1 saturated carbocycles. The van der Waals surface area contributed by atoms with Gasteiger partial charge < -0.3 is 4.57 Å². The van der Waals surface area contributed by atoms with Crippen LogP contribution in [-0.4, -0.2) is 15.3 Å². The highest BCUT2D eigenvalue weighted by Crippen LogP contribution is 2.37. The van der Waals surface area contributed by atoms with Gasteiger partial charge in [-0.2, -0.15) is 0 Å². The first kappa shape index (κ1) is 14.3. The zero-order valence-corrected chi connectivity index (χ0v) is 13.1. The van der Waals surface area contributed by atoms with Crippen LogP contribution in [0.1, 0.15) is 51.8 Å². The molecule has 1 aromatic carbocycles. The number of hydrogen-bond acceptors (Lipinski definition) is 2. The lowest BCUT2D eigenvalue weighted by atomic mass is 9.72. The molecule has 0 spiro atoms. The van der Waals surface area contributed by atoms with Crippen molar-refractivity contribution in [2.24, 2.45) is 5.41 Å². The first-order chi connectivity index (χ1) is 10.1. The van der Waals surface area contributed by atoms with Crippen LogP contribution in [0.25, 0.3) is 11.0 Å². The predicted molar refractivity (Wildman–Crippen MR) is 85.3 cm³/mol. The highest BCUT2D eigenvalue weighted by Gasteiger charge is 2.34. The number of imidazole rings is 1. The summed E-state index contributed by atoms with van der Waals surface area (Å²) in [5, 5.41) is 0. The van der Waals surface area contributed by atoms with Crippen LogP contribution in [0.5, 0.6) is 0 Å². The molecule has 1 aliphatic rings. The van der Waals surface area contributed by atoms with E-state index in [4.69, 9.17) is 4.98 Å². The Morgan fingerprint density at radius 2 is 1.95 bits per heavy atom. The van der Waals surface area contributed by atoms with Gasteiger partial charge in [0.05, 0.1) is 17.5 Å². The molecule has 0 radical (unpaired) electrons. The number of nitrogens with zero attached hydrogens (tertiary/aromatic N) is 2. The lowest BCUT2D eigenvalue weighted by molar-refractivity contribution is -0.129. The number of para-hydroxylation sites is 2. The third-order valence-corrected chi connectivity index (χ3v) is 5.00. The molecular weight excluding hydrogens is 260 g/mol. The van der Waals surface area contributed by atoms with Gasteiger partial charge in [0.1, 0.15) is 11.6 Å². The Bertz CT molecular complexity index is 650. The largest absolute Gasteiger partial charge is 0.328 e. The number of rotatable bonds is 4. The monoisotopic (exact) mass is 284 g/mol. The van der Waals surface area contributed by atoms with E-state index >= 15 is 0 Å². The van der Waals surface area contributed by atoms with Gasteiger partial charge in [-0.05, 0) is 31.9 Å². The quantitative estimate of drug-likeness (QED) is 0.845. The molecule has 0 N–H and O–H groups in total. The molecule has 0 bridgehead atoms. The molecule has 2 aromatic rings. The van der Waals surface area contributed by atoms with Crippen LogP contribution in [-0.2, 0) is 17.8 Å². The van der Waals surface area contributed by atoms with Gasteiger partial charge in [0.25, 0.3) is 0 Å². The lowest BCUT2D eigenvalue weighted by Crippen LogP contribution is -2.32. The summed E-state index contributed by atoms with van der Waals surface area (Å²) in [6.07, 6.45) is 6.20. The zero-order chi connectivity index (χ0) is 14.9. The van der Waals surface area contributed by atoms with E-state index in [-0.39, 0.29) is 5.41 Å². The molecule has 112 valence electrons. The standard InChI is InChI=1S/C18H24N2O/c1-3-20-15-10-6-5-9-14(15)19-17(20)13-16(21)18(2)11-7-4-8-12-18/h5-6,9-10H,3-4,7-8,11-13H2,1-2H3. The third-order valence-electron chi connectivity index (χ3n) is 5.00. The van der Waals surface area contributed by atoms with Gasteiger partial charge in [-0.15, -0.1) is 0 Å². The van der Waals surface area contributed by atoms with E-state index in [1.54, 1.807) is 0 Å². The highest BCUT2D eigenvalue weighted by molar-refractivity contribution is 5.87. The predicted octanol–water partition coefficient (Wildman–Crippen LogP) is 4.14. The number of carbonyl (C=O) groups excluding carboxylic acids is 1. The smallest absolute Gasteiger partial charge is 0.146 e. The van der Waals surface area contributed by atoms with Crippen molar-refractivity contribution in [2.75, 3.05) is 0 Å². The summed E-state index contributed by atoms with van der Waals surface area (Å²) in [6, 6.07) is 8.15. The molecule has 0 aliphatic heterocycles. The minimum Gasteiger partial charge on any atom is -0.328 e. The van der Waals surface area contributed by atoms with Gasteiger partial charge in [-0.1, -0.05) is 38.3 Å². The Hall–Kier alpha value is -1.64.